The zero-order chi connectivity index (χ0) is 15.5. The first-order valence-corrected chi connectivity index (χ1v) is 7.45. The van der Waals surface area contributed by atoms with E-state index in [9.17, 15) is 9.18 Å². The van der Waals surface area contributed by atoms with Crippen molar-refractivity contribution in [1.29, 1.82) is 0 Å². The van der Waals surface area contributed by atoms with Crippen LogP contribution < -0.4 is 5.32 Å². The van der Waals surface area contributed by atoms with Crippen LogP contribution in [0.5, 0.6) is 0 Å². The molecule has 1 aliphatic rings. The van der Waals surface area contributed by atoms with Gasteiger partial charge in [-0.05, 0) is 50.2 Å². The van der Waals surface area contributed by atoms with Crippen molar-refractivity contribution in [3.63, 3.8) is 0 Å². The highest BCUT2D eigenvalue weighted by Crippen LogP contribution is 2.14. The summed E-state index contributed by atoms with van der Waals surface area (Å²) in [5.41, 5.74) is 1.15. The van der Waals surface area contributed by atoms with E-state index >= 15 is 0 Å². The summed E-state index contributed by atoms with van der Waals surface area (Å²) in [4.78, 5) is 14.3. The molecule has 23 heavy (non-hydrogen) atoms. The SMILES string of the molecule is CNC1CCN(C(=O)c2ccn(-c3ccc(F)cc3)n2)CC1.Cl. The number of hydrogen-bond donors (Lipinski definition) is 1. The number of carbonyl (C=O) groups is 1. The maximum Gasteiger partial charge on any atom is 0.274 e. The molecule has 0 radical (unpaired) electrons. The van der Waals surface area contributed by atoms with E-state index in [1.807, 2.05) is 11.9 Å². The van der Waals surface area contributed by atoms with Crippen molar-refractivity contribution in [2.45, 2.75) is 18.9 Å². The molecule has 0 bridgehead atoms. The van der Waals surface area contributed by atoms with Crippen molar-refractivity contribution in [1.82, 2.24) is 20.0 Å². The van der Waals surface area contributed by atoms with E-state index in [1.54, 1.807) is 29.1 Å². The van der Waals surface area contributed by atoms with Crippen LogP contribution >= 0.6 is 12.4 Å². The van der Waals surface area contributed by atoms with Crippen molar-refractivity contribution in [3.05, 3.63) is 48.0 Å². The lowest BCUT2D eigenvalue weighted by molar-refractivity contribution is 0.0701. The quantitative estimate of drug-likeness (QED) is 0.934. The van der Waals surface area contributed by atoms with E-state index in [1.165, 1.54) is 12.1 Å². The predicted molar refractivity (Wildman–Crippen MR) is 88.8 cm³/mol. The summed E-state index contributed by atoms with van der Waals surface area (Å²) < 4.78 is 14.5. The molecule has 1 N–H and O–H groups in total. The van der Waals surface area contributed by atoms with Crippen molar-refractivity contribution < 1.29 is 9.18 Å². The van der Waals surface area contributed by atoms with Crippen LogP contribution in [0, 0.1) is 5.82 Å². The van der Waals surface area contributed by atoms with E-state index in [0.29, 0.717) is 11.7 Å². The third-order valence-corrected chi connectivity index (χ3v) is 4.09. The molecule has 1 saturated heterocycles. The van der Waals surface area contributed by atoms with Gasteiger partial charge in [-0.15, -0.1) is 12.4 Å². The molecule has 5 nitrogen and oxygen atoms in total. The minimum Gasteiger partial charge on any atom is -0.337 e. The van der Waals surface area contributed by atoms with E-state index in [-0.39, 0.29) is 24.1 Å². The third kappa shape index (κ3) is 3.89. The number of hydrogen-bond acceptors (Lipinski definition) is 3. The summed E-state index contributed by atoms with van der Waals surface area (Å²) >= 11 is 0. The summed E-state index contributed by atoms with van der Waals surface area (Å²) in [6.45, 7) is 1.49. The topological polar surface area (TPSA) is 50.2 Å². The van der Waals surface area contributed by atoms with Crippen LogP contribution in [0.15, 0.2) is 36.5 Å². The van der Waals surface area contributed by atoms with Crippen LogP contribution in [0.2, 0.25) is 0 Å². The molecule has 0 spiro atoms. The summed E-state index contributed by atoms with van der Waals surface area (Å²) in [5, 5.41) is 7.56. The molecule has 7 heteroatoms. The lowest BCUT2D eigenvalue weighted by Gasteiger charge is -2.31. The molecule has 1 aromatic heterocycles. The van der Waals surface area contributed by atoms with Crippen LogP contribution in [-0.2, 0) is 0 Å². The first-order valence-electron chi connectivity index (χ1n) is 7.45. The minimum absolute atomic E-state index is 0. The number of piperidine rings is 1. The molecule has 2 aromatic rings. The Morgan fingerprint density at radius 2 is 1.87 bits per heavy atom. The van der Waals surface area contributed by atoms with Crippen LogP contribution in [0.3, 0.4) is 0 Å². The summed E-state index contributed by atoms with van der Waals surface area (Å²) in [5.74, 6) is -0.338. The number of amides is 1. The molecule has 3 rings (SSSR count). The number of nitrogens with zero attached hydrogens (tertiary/aromatic N) is 3. The van der Waals surface area contributed by atoms with Crippen LogP contribution in [0.25, 0.3) is 5.69 Å². The van der Waals surface area contributed by atoms with Gasteiger partial charge < -0.3 is 10.2 Å². The number of carbonyl (C=O) groups excluding carboxylic acids is 1. The van der Waals surface area contributed by atoms with Gasteiger partial charge in [-0.1, -0.05) is 0 Å². The highest BCUT2D eigenvalue weighted by Gasteiger charge is 2.24. The van der Waals surface area contributed by atoms with Gasteiger partial charge in [-0.3, -0.25) is 4.79 Å². The van der Waals surface area contributed by atoms with E-state index in [0.717, 1.165) is 31.6 Å². The largest absolute Gasteiger partial charge is 0.337 e. The van der Waals surface area contributed by atoms with Gasteiger partial charge in [-0.25, -0.2) is 9.07 Å². The maximum absolute atomic E-state index is 12.9. The fourth-order valence-corrected chi connectivity index (χ4v) is 2.71. The van der Waals surface area contributed by atoms with Crippen molar-refractivity contribution >= 4 is 18.3 Å². The Morgan fingerprint density at radius 3 is 2.48 bits per heavy atom. The highest BCUT2D eigenvalue weighted by molar-refractivity contribution is 5.92. The number of rotatable bonds is 3. The Balaban J connectivity index is 0.00000192. The Labute approximate surface area is 140 Å². The van der Waals surface area contributed by atoms with Crippen LogP contribution in [0.1, 0.15) is 23.3 Å². The standard InChI is InChI=1S/C16H19FN4O.ClH/c1-18-13-6-9-20(10-7-13)16(22)15-8-11-21(19-15)14-4-2-12(17)3-5-14;/h2-5,8,11,13,18H,6-7,9-10H2,1H3;1H. The van der Waals surface area contributed by atoms with Crippen molar-refractivity contribution in [3.8, 4) is 5.69 Å². The van der Waals surface area contributed by atoms with E-state index in [4.69, 9.17) is 0 Å². The Kier molecular flexibility index (Phi) is 5.74. The summed E-state index contributed by atoms with van der Waals surface area (Å²) in [7, 11) is 1.95. The van der Waals surface area contributed by atoms with Crippen molar-refractivity contribution in [2.75, 3.05) is 20.1 Å². The molecule has 124 valence electrons. The van der Waals surface area contributed by atoms with Gasteiger partial charge >= 0.3 is 0 Å². The van der Waals surface area contributed by atoms with Gasteiger partial charge in [0.25, 0.3) is 5.91 Å². The molecular formula is C16H20ClFN4O. The molecule has 1 amide bonds. The maximum atomic E-state index is 12.9. The Morgan fingerprint density at radius 1 is 1.22 bits per heavy atom. The molecule has 0 aliphatic carbocycles. The average molecular weight is 339 g/mol. The third-order valence-electron chi connectivity index (χ3n) is 4.09. The first kappa shape index (κ1) is 17.4. The fourth-order valence-electron chi connectivity index (χ4n) is 2.71. The van der Waals surface area contributed by atoms with Gasteiger partial charge in [0.15, 0.2) is 5.69 Å². The number of nitrogens with one attached hydrogen (secondary N) is 1. The Bertz CT molecular complexity index is 650. The molecule has 1 fully saturated rings. The predicted octanol–water partition coefficient (Wildman–Crippen LogP) is 2.26. The lowest BCUT2D eigenvalue weighted by atomic mass is 10.1. The summed E-state index contributed by atoms with van der Waals surface area (Å²) in [6.07, 6.45) is 3.64. The molecule has 0 atom stereocenters. The van der Waals surface area contributed by atoms with Gasteiger partial charge in [0.05, 0.1) is 5.69 Å². The second kappa shape index (κ2) is 7.57. The van der Waals surface area contributed by atoms with Gasteiger partial charge in [0, 0.05) is 25.3 Å². The number of halogens is 2. The smallest absolute Gasteiger partial charge is 0.274 e. The zero-order valence-corrected chi connectivity index (χ0v) is 13.7. The minimum atomic E-state index is -0.292. The monoisotopic (exact) mass is 338 g/mol. The molecule has 0 unspecified atom stereocenters. The molecular weight excluding hydrogens is 319 g/mol. The number of benzene rings is 1. The van der Waals surface area contributed by atoms with Crippen LogP contribution in [0.4, 0.5) is 4.39 Å². The van der Waals surface area contributed by atoms with Gasteiger partial charge in [0.2, 0.25) is 0 Å². The lowest BCUT2D eigenvalue weighted by Crippen LogP contribution is -2.44. The normalized spacial score (nSPS) is 15.3. The first-order chi connectivity index (χ1) is 10.7. The fraction of sp³-hybridized carbons (Fsp3) is 0.375. The van der Waals surface area contributed by atoms with Crippen molar-refractivity contribution in [2.24, 2.45) is 0 Å². The summed E-state index contributed by atoms with van der Waals surface area (Å²) in [6, 6.07) is 8.21. The number of aromatic nitrogens is 2. The molecule has 2 heterocycles. The molecule has 0 saturated carbocycles. The van der Waals surface area contributed by atoms with E-state index < -0.39 is 0 Å². The zero-order valence-electron chi connectivity index (χ0n) is 12.9. The van der Waals surface area contributed by atoms with Gasteiger partial charge in [-0.2, -0.15) is 5.10 Å². The second-order valence-electron chi connectivity index (χ2n) is 5.48. The second-order valence-corrected chi connectivity index (χ2v) is 5.48. The average Bonchev–Trinajstić information content (AvgIpc) is 3.05. The Hall–Kier alpha value is -1.92. The molecule has 1 aromatic carbocycles. The number of likely N-dealkylation sites (tertiary alicyclic amines) is 1. The van der Waals surface area contributed by atoms with Crippen LogP contribution in [-0.4, -0.2) is 46.8 Å². The molecule has 1 aliphatic heterocycles. The van der Waals surface area contributed by atoms with E-state index in [2.05, 4.69) is 10.4 Å². The van der Waals surface area contributed by atoms with Gasteiger partial charge in [0.1, 0.15) is 5.82 Å². The highest BCUT2D eigenvalue weighted by atomic mass is 35.5.